The van der Waals surface area contributed by atoms with Gasteiger partial charge in [0.25, 0.3) is 5.91 Å². The number of fused-ring (bicyclic) bond motifs is 1. The van der Waals surface area contributed by atoms with E-state index >= 15 is 0 Å². The molecule has 0 saturated heterocycles. The van der Waals surface area contributed by atoms with E-state index < -0.39 is 12.1 Å². The summed E-state index contributed by atoms with van der Waals surface area (Å²) >= 11 is 4.44. The molecule has 6 nitrogen and oxygen atoms in total. The summed E-state index contributed by atoms with van der Waals surface area (Å²) in [5.74, 6) is -1.19. The fraction of sp³-hybridized carbons (Fsp3) is 0.346. The summed E-state index contributed by atoms with van der Waals surface area (Å²) in [4.78, 5) is 30.8. The van der Waals surface area contributed by atoms with Gasteiger partial charge in [0.15, 0.2) is 6.10 Å². The normalized spacial score (nSPS) is 14.7. The Hall–Kier alpha value is -2.90. The minimum atomic E-state index is -0.982. The number of nitrogens with zero attached hydrogens (tertiary/aromatic N) is 2. The number of anilines is 1. The van der Waals surface area contributed by atoms with Crippen LogP contribution in [-0.2, 0) is 27.3 Å². The number of amides is 1. The van der Waals surface area contributed by atoms with Crippen LogP contribution in [0.15, 0.2) is 52.0 Å². The maximum Gasteiger partial charge on any atom is 0.333 e. The van der Waals surface area contributed by atoms with Crippen molar-refractivity contribution in [3.05, 3.63) is 74.8 Å². The number of carbonyl (C=O) groups excluding carboxylic acids is 1. The predicted molar refractivity (Wildman–Crippen MR) is 134 cm³/mol. The Labute approximate surface area is 200 Å². The molecular weight excluding hydrogens is 436 g/mol. The van der Waals surface area contributed by atoms with E-state index in [-0.39, 0.29) is 18.4 Å². The predicted octanol–water partition coefficient (Wildman–Crippen LogP) is 4.85. The highest BCUT2D eigenvalue weighted by Crippen LogP contribution is 2.36. The molecule has 1 heterocycles. The van der Waals surface area contributed by atoms with E-state index in [1.807, 2.05) is 58.0 Å². The molecule has 1 aliphatic heterocycles. The van der Waals surface area contributed by atoms with Gasteiger partial charge in [-0.1, -0.05) is 35.9 Å². The zero-order chi connectivity index (χ0) is 24.3. The number of allylic oxidation sites excluding steroid dienone is 1. The van der Waals surface area contributed by atoms with Gasteiger partial charge in [-0.15, -0.1) is 12.6 Å². The van der Waals surface area contributed by atoms with E-state index in [0.717, 1.165) is 27.9 Å². The van der Waals surface area contributed by atoms with Crippen molar-refractivity contribution in [1.82, 2.24) is 0 Å². The summed E-state index contributed by atoms with van der Waals surface area (Å²) in [5, 5.41) is 9.39. The van der Waals surface area contributed by atoms with Crippen LogP contribution in [0.25, 0.3) is 0 Å². The largest absolute Gasteiger partial charge is 0.479 e. The van der Waals surface area contributed by atoms with Crippen LogP contribution in [0.1, 0.15) is 48.6 Å². The third-order valence-corrected chi connectivity index (χ3v) is 6.02. The quantitative estimate of drug-likeness (QED) is 0.331. The number of ether oxygens (including phenoxy) is 1. The first-order valence-electron chi connectivity index (χ1n) is 10.9. The number of carboxylic acid groups (broad SMARTS) is 1. The fourth-order valence-electron chi connectivity index (χ4n) is 3.72. The van der Waals surface area contributed by atoms with Crippen molar-refractivity contribution in [2.75, 3.05) is 4.90 Å². The molecule has 1 amide bonds. The summed E-state index contributed by atoms with van der Waals surface area (Å²) in [7, 11) is 0. The molecule has 7 heteroatoms. The van der Waals surface area contributed by atoms with Gasteiger partial charge in [-0.05, 0) is 62.9 Å². The van der Waals surface area contributed by atoms with E-state index in [9.17, 15) is 14.7 Å². The SMILES string of the molecule is C/C(N=Cc1ccc(C)cc1C)=C(/S)C(=O)N1Cc2cc(CC(OC(C)C)C(=O)O)ccc21. The summed E-state index contributed by atoms with van der Waals surface area (Å²) < 4.78 is 5.50. The van der Waals surface area contributed by atoms with Crippen molar-refractivity contribution in [2.45, 2.75) is 59.8 Å². The maximum atomic E-state index is 12.9. The van der Waals surface area contributed by atoms with E-state index in [2.05, 4.69) is 23.7 Å². The van der Waals surface area contributed by atoms with Crippen LogP contribution in [0.3, 0.4) is 0 Å². The molecule has 0 radical (unpaired) electrons. The number of aryl methyl sites for hydroxylation is 2. The number of aliphatic imine (C=N–C) groups is 1. The molecule has 1 atom stereocenters. The van der Waals surface area contributed by atoms with E-state index in [1.54, 1.807) is 18.0 Å². The molecule has 33 heavy (non-hydrogen) atoms. The maximum absolute atomic E-state index is 12.9. The van der Waals surface area contributed by atoms with Crippen molar-refractivity contribution in [3.63, 3.8) is 0 Å². The van der Waals surface area contributed by atoms with Crippen LogP contribution in [0.5, 0.6) is 0 Å². The lowest BCUT2D eigenvalue weighted by Crippen LogP contribution is -2.38. The molecule has 1 N–H and O–H groups in total. The van der Waals surface area contributed by atoms with Crippen LogP contribution < -0.4 is 4.90 Å². The van der Waals surface area contributed by atoms with Gasteiger partial charge >= 0.3 is 5.97 Å². The van der Waals surface area contributed by atoms with Crippen LogP contribution >= 0.6 is 12.6 Å². The second-order valence-electron chi connectivity index (χ2n) is 8.62. The number of thiol groups is 1. The Balaban J connectivity index is 1.70. The lowest BCUT2D eigenvalue weighted by Gasteiger charge is -2.35. The average molecular weight is 467 g/mol. The second-order valence-corrected chi connectivity index (χ2v) is 9.07. The van der Waals surface area contributed by atoms with E-state index in [1.165, 1.54) is 5.56 Å². The van der Waals surface area contributed by atoms with Gasteiger partial charge in [0.05, 0.1) is 23.3 Å². The summed E-state index contributed by atoms with van der Waals surface area (Å²) in [6.07, 6.45) is 0.957. The first-order chi connectivity index (χ1) is 15.6. The van der Waals surface area contributed by atoms with Gasteiger partial charge in [-0.2, -0.15) is 0 Å². The summed E-state index contributed by atoms with van der Waals surface area (Å²) in [6.45, 7) is 9.91. The van der Waals surface area contributed by atoms with Crippen molar-refractivity contribution in [3.8, 4) is 0 Å². The summed E-state index contributed by atoms with van der Waals surface area (Å²) in [5.41, 5.74) is 6.51. The molecule has 0 fully saturated rings. The number of hydrogen-bond acceptors (Lipinski definition) is 5. The molecule has 0 saturated carbocycles. The van der Waals surface area contributed by atoms with E-state index in [0.29, 0.717) is 17.1 Å². The smallest absolute Gasteiger partial charge is 0.333 e. The van der Waals surface area contributed by atoms with Crippen LogP contribution in [0.2, 0.25) is 0 Å². The number of benzene rings is 2. The average Bonchev–Trinajstić information content (AvgIpc) is 2.72. The Bertz CT molecular complexity index is 1140. The summed E-state index contributed by atoms with van der Waals surface area (Å²) in [6, 6.07) is 11.7. The number of hydrogen-bond donors (Lipinski definition) is 2. The highest BCUT2D eigenvalue weighted by Gasteiger charge is 2.31. The van der Waals surface area contributed by atoms with Gasteiger partial charge in [-0.25, -0.2) is 4.79 Å². The highest BCUT2D eigenvalue weighted by atomic mass is 32.1. The Morgan fingerprint density at radius 1 is 1.21 bits per heavy atom. The Morgan fingerprint density at radius 2 is 1.94 bits per heavy atom. The molecular formula is C26H30N2O4S. The third kappa shape index (κ3) is 5.92. The molecule has 174 valence electrons. The number of carboxylic acids is 1. The molecule has 2 aromatic carbocycles. The van der Waals surface area contributed by atoms with E-state index in [4.69, 9.17) is 4.74 Å². The number of carbonyl (C=O) groups is 2. The van der Waals surface area contributed by atoms with Crippen molar-refractivity contribution < 1.29 is 19.4 Å². The van der Waals surface area contributed by atoms with Gasteiger partial charge in [0.2, 0.25) is 0 Å². The van der Waals surface area contributed by atoms with Crippen molar-refractivity contribution in [2.24, 2.45) is 4.99 Å². The number of aliphatic carboxylic acids is 1. The van der Waals surface area contributed by atoms with Crippen molar-refractivity contribution in [1.29, 1.82) is 0 Å². The zero-order valence-electron chi connectivity index (χ0n) is 19.6. The lowest BCUT2D eigenvalue weighted by molar-refractivity contribution is -0.153. The minimum absolute atomic E-state index is 0.174. The topological polar surface area (TPSA) is 79.2 Å². The second kappa shape index (κ2) is 10.4. The fourth-order valence-corrected chi connectivity index (χ4v) is 3.90. The monoisotopic (exact) mass is 466 g/mol. The number of rotatable bonds is 8. The van der Waals surface area contributed by atoms with Crippen LogP contribution in [0.4, 0.5) is 5.69 Å². The molecule has 2 aromatic rings. The lowest BCUT2D eigenvalue weighted by atomic mass is 9.97. The molecule has 0 bridgehead atoms. The molecule has 1 aliphatic rings. The third-order valence-electron chi connectivity index (χ3n) is 5.51. The van der Waals surface area contributed by atoms with Crippen molar-refractivity contribution >= 4 is 36.4 Å². The molecule has 0 aromatic heterocycles. The molecule has 0 spiro atoms. The van der Waals surface area contributed by atoms with Gasteiger partial charge in [0.1, 0.15) is 0 Å². The molecule has 1 unspecified atom stereocenters. The molecule has 0 aliphatic carbocycles. The Kier molecular flexibility index (Phi) is 7.76. The van der Waals surface area contributed by atoms with Gasteiger partial charge in [-0.3, -0.25) is 9.79 Å². The first-order valence-corrected chi connectivity index (χ1v) is 11.3. The minimum Gasteiger partial charge on any atom is -0.479 e. The van der Waals surface area contributed by atoms with Gasteiger partial charge < -0.3 is 14.7 Å². The van der Waals surface area contributed by atoms with Crippen LogP contribution in [-0.4, -0.2) is 35.4 Å². The van der Waals surface area contributed by atoms with Crippen LogP contribution in [0, 0.1) is 13.8 Å². The Morgan fingerprint density at radius 3 is 2.55 bits per heavy atom. The zero-order valence-corrected chi connectivity index (χ0v) is 20.5. The molecule has 3 rings (SSSR count). The first kappa shape index (κ1) is 24.7. The standard InChI is InChI=1S/C26H30N2O4S/c1-15(2)32-23(26(30)31)12-19-7-9-22-21(11-19)14-28(22)25(29)24(33)18(5)27-13-20-8-6-16(3)10-17(20)4/h6-11,13,15,23,33H,12,14H2,1-5H3,(H,30,31)/b24-18-,27-13?. The highest BCUT2D eigenvalue weighted by molar-refractivity contribution is 7.85. The van der Waals surface area contributed by atoms with Gasteiger partial charge in [0, 0.05) is 18.3 Å².